The van der Waals surface area contributed by atoms with Gasteiger partial charge in [-0.3, -0.25) is 10.1 Å². The van der Waals surface area contributed by atoms with Crippen molar-refractivity contribution in [2.45, 2.75) is 31.7 Å². The van der Waals surface area contributed by atoms with Gasteiger partial charge in [0.1, 0.15) is 0 Å². The zero-order valence-electron chi connectivity index (χ0n) is 6.92. The first-order chi connectivity index (χ1) is 5.75. The Morgan fingerprint density at radius 1 is 1.50 bits per heavy atom. The van der Waals surface area contributed by atoms with Crippen LogP contribution in [0.15, 0.2) is 0 Å². The van der Waals surface area contributed by atoms with Crippen LogP contribution in [-0.4, -0.2) is 11.9 Å². The number of carbonyl (C=O) groups is 1. The molecule has 0 spiro atoms. The van der Waals surface area contributed by atoms with Crippen LogP contribution < -0.4 is 11.1 Å². The molecule has 2 unspecified atom stereocenters. The Balaban J connectivity index is 2.49. The zero-order chi connectivity index (χ0) is 8.97. The van der Waals surface area contributed by atoms with Gasteiger partial charge in [0.25, 0.3) is 0 Å². The van der Waals surface area contributed by atoms with Crippen LogP contribution in [0.5, 0.6) is 0 Å². The van der Waals surface area contributed by atoms with Gasteiger partial charge in [-0.2, -0.15) is 5.26 Å². The molecular formula is C8H13N3O. The number of carbonyl (C=O) groups excluding carboxylic acids is 1. The van der Waals surface area contributed by atoms with E-state index in [4.69, 9.17) is 11.0 Å². The average Bonchev–Trinajstić information content (AvgIpc) is 2.05. The number of rotatable bonds is 1. The fraction of sp³-hybridized carbons (Fsp3) is 0.750. The van der Waals surface area contributed by atoms with Crippen molar-refractivity contribution in [2.24, 2.45) is 11.7 Å². The number of nitrogens with one attached hydrogen (secondary N) is 1. The van der Waals surface area contributed by atoms with Crippen molar-refractivity contribution < 1.29 is 4.79 Å². The minimum Gasteiger partial charge on any atom is -0.327 e. The molecule has 0 aliphatic heterocycles. The molecule has 66 valence electrons. The lowest BCUT2D eigenvalue weighted by atomic mass is 9.84. The van der Waals surface area contributed by atoms with Gasteiger partial charge in [0.2, 0.25) is 5.91 Å². The first-order valence-electron chi connectivity index (χ1n) is 4.20. The predicted octanol–water partition coefficient (Wildman–Crippen LogP) is 0.101. The molecule has 0 bridgehead atoms. The summed E-state index contributed by atoms with van der Waals surface area (Å²) in [5.41, 5.74) is 5.74. The normalized spacial score (nSPS) is 29.0. The molecule has 0 aromatic heterocycles. The van der Waals surface area contributed by atoms with Crippen molar-refractivity contribution >= 4 is 5.91 Å². The van der Waals surface area contributed by atoms with E-state index in [-0.39, 0.29) is 17.9 Å². The summed E-state index contributed by atoms with van der Waals surface area (Å²) in [4.78, 5) is 11.2. The van der Waals surface area contributed by atoms with E-state index in [1.54, 1.807) is 6.19 Å². The number of hydrogen-bond donors (Lipinski definition) is 2. The lowest BCUT2D eigenvalue weighted by Gasteiger charge is -2.26. The minimum atomic E-state index is -0.218. The van der Waals surface area contributed by atoms with Crippen molar-refractivity contribution in [2.75, 3.05) is 0 Å². The topological polar surface area (TPSA) is 78.9 Å². The van der Waals surface area contributed by atoms with E-state index < -0.39 is 0 Å². The Morgan fingerprint density at radius 3 is 2.75 bits per heavy atom. The molecule has 12 heavy (non-hydrogen) atoms. The fourth-order valence-electron chi connectivity index (χ4n) is 1.63. The van der Waals surface area contributed by atoms with Crippen LogP contribution in [0.4, 0.5) is 0 Å². The summed E-state index contributed by atoms with van der Waals surface area (Å²) in [7, 11) is 0. The summed E-state index contributed by atoms with van der Waals surface area (Å²) in [6, 6.07) is -0.0629. The molecule has 3 N–H and O–H groups in total. The van der Waals surface area contributed by atoms with E-state index >= 15 is 0 Å². The molecule has 1 aliphatic carbocycles. The molecule has 0 saturated heterocycles. The predicted molar refractivity (Wildman–Crippen MR) is 43.7 cm³/mol. The third kappa shape index (κ3) is 1.95. The van der Waals surface area contributed by atoms with Crippen molar-refractivity contribution in [1.29, 1.82) is 5.26 Å². The number of nitrogens with zero attached hydrogens (tertiary/aromatic N) is 1. The Hall–Kier alpha value is -1.08. The molecule has 0 heterocycles. The van der Waals surface area contributed by atoms with Crippen LogP contribution in [0.3, 0.4) is 0 Å². The maximum atomic E-state index is 11.2. The molecule has 0 radical (unpaired) electrons. The first kappa shape index (κ1) is 9.01. The standard InChI is InChI=1S/C8H13N3O/c9-5-11-8(12)6-3-1-2-4-7(6)10/h6-7H,1-4,10H2,(H,11,12). The summed E-state index contributed by atoms with van der Waals surface area (Å²) >= 11 is 0. The lowest BCUT2D eigenvalue weighted by molar-refractivity contribution is -0.125. The number of amides is 1. The molecular weight excluding hydrogens is 154 g/mol. The molecule has 0 aromatic rings. The van der Waals surface area contributed by atoms with E-state index in [9.17, 15) is 4.79 Å². The molecule has 4 heteroatoms. The first-order valence-corrected chi connectivity index (χ1v) is 4.20. The van der Waals surface area contributed by atoms with Crippen LogP contribution in [0.25, 0.3) is 0 Å². The Labute approximate surface area is 71.7 Å². The van der Waals surface area contributed by atoms with E-state index in [1.165, 1.54) is 0 Å². The minimum absolute atomic E-state index is 0.0629. The second-order valence-electron chi connectivity index (χ2n) is 3.16. The van der Waals surface area contributed by atoms with Crippen LogP contribution in [0.1, 0.15) is 25.7 Å². The highest BCUT2D eigenvalue weighted by molar-refractivity contribution is 5.80. The van der Waals surface area contributed by atoms with Crippen molar-refractivity contribution in [3.05, 3.63) is 0 Å². The Morgan fingerprint density at radius 2 is 2.17 bits per heavy atom. The van der Waals surface area contributed by atoms with Crippen LogP contribution in [-0.2, 0) is 4.79 Å². The largest absolute Gasteiger partial charge is 0.327 e. The van der Waals surface area contributed by atoms with Crippen molar-refractivity contribution in [3.63, 3.8) is 0 Å². The highest BCUT2D eigenvalue weighted by atomic mass is 16.1. The molecule has 1 amide bonds. The maximum absolute atomic E-state index is 11.2. The van der Waals surface area contributed by atoms with Gasteiger partial charge >= 0.3 is 0 Å². The van der Waals surface area contributed by atoms with Gasteiger partial charge in [0, 0.05) is 6.04 Å². The summed E-state index contributed by atoms with van der Waals surface area (Å²) in [6.07, 6.45) is 5.47. The third-order valence-electron chi connectivity index (χ3n) is 2.34. The Bertz CT molecular complexity index is 209. The Kier molecular flexibility index (Phi) is 3.06. The highest BCUT2D eigenvalue weighted by Crippen LogP contribution is 2.22. The maximum Gasteiger partial charge on any atom is 0.237 e. The monoisotopic (exact) mass is 167 g/mol. The summed E-state index contributed by atoms with van der Waals surface area (Å²) in [6.45, 7) is 0. The van der Waals surface area contributed by atoms with Gasteiger partial charge in [-0.1, -0.05) is 12.8 Å². The number of nitriles is 1. The molecule has 2 atom stereocenters. The van der Waals surface area contributed by atoms with E-state index in [1.807, 2.05) is 0 Å². The fourth-order valence-corrected chi connectivity index (χ4v) is 1.63. The molecule has 0 aromatic carbocycles. The van der Waals surface area contributed by atoms with E-state index in [0.29, 0.717) is 0 Å². The second kappa shape index (κ2) is 4.07. The lowest BCUT2D eigenvalue weighted by Crippen LogP contribution is -2.42. The second-order valence-corrected chi connectivity index (χ2v) is 3.16. The van der Waals surface area contributed by atoms with Gasteiger partial charge in [-0.25, -0.2) is 0 Å². The number of hydrogen-bond acceptors (Lipinski definition) is 3. The van der Waals surface area contributed by atoms with Gasteiger partial charge in [0.05, 0.1) is 5.92 Å². The molecule has 1 rings (SSSR count). The molecule has 1 fully saturated rings. The average molecular weight is 167 g/mol. The van der Waals surface area contributed by atoms with Gasteiger partial charge in [-0.05, 0) is 12.8 Å². The molecule has 1 aliphatic rings. The third-order valence-corrected chi connectivity index (χ3v) is 2.34. The summed E-state index contributed by atoms with van der Waals surface area (Å²) < 4.78 is 0. The van der Waals surface area contributed by atoms with Crippen LogP contribution >= 0.6 is 0 Å². The van der Waals surface area contributed by atoms with E-state index in [0.717, 1.165) is 25.7 Å². The smallest absolute Gasteiger partial charge is 0.237 e. The van der Waals surface area contributed by atoms with E-state index in [2.05, 4.69) is 5.32 Å². The van der Waals surface area contributed by atoms with Gasteiger partial charge in [0.15, 0.2) is 6.19 Å². The van der Waals surface area contributed by atoms with Crippen LogP contribution in [0.2, 0.25) is 0 Å². The van der Waals surface area contributed by atoms with Gasteiger partial charge < -0.3 is 5.73 Å². The van der Waals surface area contributed by atoms with Crippen LogP contribution in [0, 0.1) is 17.4 Å². The van der Waals surface area contributed by atoms with Gasteiger partial charge in [-0.15, -0.1) is 0 Å². The number of nitrogens with two attached hydrogens (primary N) is 1. The highest BCUT2D eigenvalue weighted by Gasteiger charge is 2.27. The quantitative estimate of drug-likeness (QED) is 0.429. The summed E-state index contributed by atoms with van der Waals surface area (Å²) in [5.74, 6) is -0.372. The SMILES string of the molecule is N#CNC(=O)C1CCCCC1N. The van der Waals surface area contributed by atoms with Crippen molar-refractivity contribution in [1.82, 2.24) is 5.32 Å². The molecule has 4 nitrogen and oxygen atoms in total. The van der Waals surface area contributed by atoms with Crippen molar-refractivity contribution in [3.8, 4) is 6.19 Å². The molecule has 1 saturated carbocycles. The zero-order valence-corrected chi connectivity index (χ0v) is 6.92. The summed E-state index contributed by atoms with van der Waals surface area (Å²) in [5, 5.41) is 10.4.